The molecule has 8 heteroatoms. The molecule has 1 aromatic carbocycles. The summed E-state index contributed by atoms with van der Waals surface area (Å²) in [5.41, 5.74) is 0.310. The molecular formula is C21H21N5O3. The summed E-state index contributed by atoms with van der Waals surface area (Å²) >= 11 is 0. The topological polar surface area (TPSA) is 110 Å². The molecule has 2 aromatic heterocycles. The fourth-order valence-corrected chi connectivity index (χ4v) is 2.81. The third kappa shape index (κ3) is 4.41. The van der Waals surface area contributed by atoms with E-state index in [-0.39, 0.29) is 11.2 Å². The lowest BCUT2D eigenvalue weighted by Gasteiger charge is -2.23. The summed E-state index contributed by atoms with van der Waals surface area (Å²) in [7, 11) is 0. The molecule has 8 nitrogen and oxygen atoms in total. The Labute approximate surface area is 167 Å². The second kappa shape index (κ2) is 7.72. The first-order valence-corrected chi connectivity index (χ1v) is 9.07. The van der Waals surface area contributed by atoms with E-state index >= 15 is 0 Å². The highest BCUT2D eigenvalue weighted by Gasteiger charge is 2.23. The van der Waals surface area contributed by atoms with Crippen LogP contribution in [0.1, 0.15) is 45.1 Å². The Morgan fingerprint density at radius 1 is 1.24 bits per heavy atom. The number of carbonyl (C=O) groups excluding carboxylic acids is 1. The van der Waals surface area contributed by atoms with E-state index in [1.807, 2.05) is 6.07 Å². The molecule has 0 aliphatic rings. The second-order valence-electron chi connectivity index (χ2n) is 7.51. The van der Waals surface area contributed by atoms with Gasteiger partial charge in [-0.2, -0.15) is 5.26 Å². The quantitative estimate of drug-likeness (QED) is 0.734. The van der Waals surface area contributed by atoms with Crippen molar-refractivity contribution < 1.29 is 9.53 Å². The van der Waals surface area contributed by atoms with Gasteiger partial charge in [0.1, 0.15) is 11.4 Å². The molecule has 0 spiro atoms. The molecule has 0 saturated carbocycles. The zero-order chi connectivity index (χ0) is 21.2. The smallest absolute Gasteiger partial charge is 0.408 e. The number of carbonyl (C=O) groups is 1. The number of pyridine rings is 1. The lowest BCUT2D eigenvalue weighted by atomic mass is 10.2. The van der Waals surface area contributed by atoms with Crippen molar-refractivity contribution in [1.29, 1.82) is 5.26 Å². The van der Waals surface area contributed by atoms with E-state index in [0.29, 0.717) is 22.5 Å². The Morgan fingerprint density at radius 3 is 2.55 bits per heavy atom. The number of aromatic nitrogens is 3. The summed E-state index contributed by atoms with van der Waals surface area (Å²) in [5.74, 6) is 0.303. The fraction of sp³-hybridized carbons (Fsp3) is 0.286. The second-order valence-corrected chi connectivity index (χ2v) is 7.51. The van der Waals surface area contributed by atoms with Crippen molar-refractivity contribution in [1.82, 2.24) is 19.9 Å². The van der Waals surface area contributed by atoms with Crippen LogP contribution in [0.4, 0.5) is 4.79 Å². The number of alkyl carbamates (subject to hydrolysis) is 1. The number of nitrogens with one attached hydrogen (secondary N) is 1. The van der Waals surface area contributed by atoms with Gasteiger partial charge in [-0.3, -0.25) is 9.36 Å². The number of nitrogens with zero attached hydrogens (tertiary/aromatic N) is 4. The van der Waals surface area contributed by atoms with Crippen LogP contribution in [0.2, 0.25) is 0 Å². The zero-order valence-corrected chi connectivity index (χ0v) is 16.6. The number of benzene rings is 1. The SMILES string of the molecule is C[C@@H](NC(=O)OC(C)(C)C)c1nc2ncccc2c(=O)n1-c1ccc(C#N)cc1. The van der Waals surface area contributed by atoms with Crippen molar-refractivity contribution in [3.05, 3.63) is 64.3 Å². The number of hydrogen-bond acceptors (Lipinski definition) is 6. The Balaban J connectivity index is 2.12. The van der Waals surface area contributed by atoms with Crippen LogP contribution in [-0.4, -0.2) is 26.2 Å². The van der Waals surface area contributed by atoms with Gasteiger partial charge in [-0.25, -0.2) is 14.8 Å². The van der Waals surface area contributed by atoms with Crippen LogP contribution in [0.3, 0.4) is 0 Å². The van der Waals surface area contributed by atoms with Crippen LogP contribution in [0.25, 0.3) is 16.7 Å². The first kappa shape index (κ1) is 20.0. The lowest BCUT2D eigenvalue weighted by Crippen LogP contribution is -2.37. The van der Waals surface area contributed by atoms with Crippen LogP contribution in [0.5, 0.6) is 0 Å². The van der Waals surface area contributed by atoms with Gasteiger partial charge in [0.05, 0.1) is 28.7 Å². The minimum absolute atomic E-state index is 0.287. The third-order valence-electron chi connectivity index (χ3n) is 4.04. The zero-order valence-electron chi connectivity index (χ0n) is 16.6. The van der Waals surface area contributed by atoms with Gasteiger partial charge in [0.15, 0.2) is 5.65 Å². The first-order valence-electron chi connectivity index (χ1n) is 9.07. The normalized spacial score (nSPS) is 12.2. The standard InChI is InChI=1S/C21H21N5O3/c1-13(24-20(28)29-21(2,3)4)18-25-17-16(6-5-11-23-17)19(27)26(18)15-9-7-14(12-22)8-10-15/h5-11,13H,1-4H3,(H,24,28)/t13-/m1/s1. The number of amides is 1. The Morgan fingerprint density at radius 2 is 1.93 bits per heavy atom. The predicted molar refractivity (Wildman–Crippen MR) is 108 cm³/mol. The van der Waals surface area contributed by atoms with E-state index in [4.69, 9.17) is 10.00 Å². The molecule has 1 atom stereocenters. The predicted octanol–water partition coefficient (Wildman–Crippen LogP) is 3.24. The molecule has 0 aliphatic heterocycles. The van der Waals surface area contributed by atoms with Crippen molar-refractivity contribution in [2.75, 3.05) is 0 Å². The molecule has 0 unspecified atom stereocenters. The molecule has 0 fully saturated rings. The van der Waals surface area contributed by atoms with E-state index < -0.39 is 17.7 Å². The first-order chi connectivity index (χ1) is 13.7. The molecule has 0 aliphatic carbocycles. The maximum atomic E-state index is 13.2. The summed E-state index contributed by atoms with van der Waals surface area (Å²) in [5, 5.41) is 12.1. The Bertz CT molecular complexity index is 1150. The molecule has 2 heterocycles. The molecular weight excluding hydrogens is 370 g/mol. The Kier molecular flexibility index (Phi) is 5.33. The fourth-order valence-electron chi connectivity index (χ4n) is 2.81. The third-order valence-corrected chi connectivity index (χ3v) is 4.04. The van der Waals surface area contributed by atoms with Crippen LogP contribution in [-0.2, 0) is 4.74 Å². The maximum absolute atomic E-state index is 13.2. The maximum Gasteiger partial charge on any atom is 0.408 e. The number of nitriles is 1. The monoisotopic (exact) mass is 391 g/mol. The van der Waals surface area contributed by atoms with Gasteiger partial charge < -0.3 is 10.1 Å². The van der Waals surface area contributed by atoms with Gasteiger partial charge in [0.25, 0.3) is 5.56 Å². The average molecular weight is 391 g/mol. The van der Waals surface area contributed by atoms with Crippen LogP contribution >= 0.6 is 0 Å². The van der Waals surface area contributed by atoms with Crippen molar-refractivity contribution in [2.24, 2.45) is 0 Å². The average Bonchev–Trinajstić information content (AvgIpc) is 2.66. The molecule has 1 amide bonds. The summed E-state index contributed by atoms with van der Waals surface area (Å²) in [4.78, 5) is 34.1. The van der Waals surface area contributed by atoms with Crippen molar-refractivity contribution in [3.8, 4) is 11.8 Å². The largest absolute Gasteiger partial charge is 0.444 e. The van der Waals surface area contributed by atoms with Crippen LogP contribution in [0.15, 0.2) is 47.4 Å². The molecule has 0 saturated heterocycles. The van der Waals surface area contributed by atoms with Gasteiger partial charge in [-0.05, 0) is 64.1 Å². The number of ether oxygens (including phenoxy) is 1. The highest BCUT2D eigenvalue weighted by Crippen LogP contribution is 2.18. The number of rotatable bonds is 3. The number of hydrogen-bond donors (Lipinski definition) is 1. The van der Waals surface area contributed by atoms with E-state index in [1.165, 1.54) is 4.57 Å². The highest BCUT2D eigenvalue weighted by molar-refractivity contribution is 5.74. The van der Waals surface area contributed by atoms with Crippen molar-refractivity contribution >= 4 is 17.1 Å². The molecule has 1 N–H and O–H groups in total. The van der Waals surface area contributed by atoms with Gasteiger partial charge in [0, 0.05) is 6.20 Å². The van der Waals surface area contributed by atoms with Gasteiger partial charge in [0.2, 0.25) is 0 Å². The van der Waals surface area contributed by atoms with Crippen LogP contribution < -0.4 is 10.9 Å². The summed E-state index contributed by atoms with van der Waals surface area (Å²) in [6.07, 6.45) is 0.933. The van der Waals surface area contributed by atoms with Gasteiger partial charge in [-0.1, -0.05) is 0 Å². The van der Waals surface area contributed by atoms with Crippen LogP contribution in [0, 0.1) is 11.3 Å². The molecule has 3 rings (SSSR count). The minimum Gasteiger partial charge on any atom is -0.444 e. The van der Waals surface area contributed by atoms with Crippen molar-refractivity contribution in [2.45, 2.75) is 39.3 Å². The molecule has 3 aromatic rings. The van der Waals surface area contributed by atoms with Gasteiger partial charge in [-0.15, -0.1) is 0 Å². The lowest BCUT2D eigenvalue weighted by molar-refractivity contribution is 0.0505. The van der Waals surface area contributed by atoms with E-state index in [2.05, 4.69) is 15.3 Å². The highest BCUT2D eigenvalue weighted by atomic mass is 16.6. The number of fused-ring (bicyclic) bond motifs is 1. The summed E-state index contributed by atoms with van der Waals surface area (Å²) in [6, 6.07) is 11.3. The van der Waals surface area contributed by atoms with Crippen molar-refractivity contribution in [3.63, 3.8) is 0 Å². The Hall–Kier alpha value is -3.73. The minimum atomic E-state index is -0.658. The van der Waals surface area contributed by atoms with E-state index in [1.54, 1.807) is 70.3 Å². The molecule has 0 bridgehead atoms. The van der Waals surface area contributed by atoms with E-state index in [0.717, 1.165) is 0 Å². The van der Waals surface area contributed by atoms with Gasteiger partial charge >= 0.3 is 6.09 Å². The molecule has 148 valence electrons. The molecule has 29 heavy (non-hydrogen) atoms. The summed E-state index contributed by atoms with van der Waals surface area (Å²) < 4.78 is 6.72. The summed E-state index contributed by atoms with van der Waals surface area (Å²) in [6.45, 7) is 7.01. The molecule has 0 radical (unpaired) electrons. The van der Waals surface area contributed by atoms with E-state index in [9.17, 15) is 9.59 Å².